The molecule has 0 aliphatic heterocycles. The summed E-state index contributed by atoms with van der Waals surface area (Å²) in [5.41, 5.74) is 5.50. The van der Waals surface area contributed by atoms with Crippen LogP contribution in [0.1, 0.15) is 34.9 Å². The third-order valence-corrected chi connectivity index (χ3v) is 6.01. The molecule has 0 unspecified atom stereocenters. The summed E-state index contributed by atoms with van der Waals surface area (Å²) in [7, 11) is 0. The second-order valence-electron chi connectivity index (χ2n) is 7.52. The summed E-state index contributed by atoms with van der Waals surface area (Å²) in [6.45, 7) is 4.07. The Labute approximate surface area is 197 Å². The van der Waals surface area contributed by atoms with Crippen molar-refractivity contribution in [1.82, 2.24) is 9.97 Å². The number of carbonyl (C=O) groups is 1. The van der Waals surface area contributed by atoms with E-state index in [2.05, 4.69) is 24.1 Å². The molecule has 0 radical (unpaired) electrons. The quantitative estimate of drug-likeness (QED) is 0.358. The minimum atomic E-state index is -0.844. The fourth-order valence-corrected chi connectivity index (χ4v) is 4.21. The molecule has 0 fully saturated rings. The molecule has 0 aliphatic carbocycles. The number of aromatic nitrogens is 2. The van der Waals surface area contributed by atoms with Gasteiger partial charge >= 0.3 is 5.97 Å². The third-order valence-electron chi connectivity index (χ3n) is 5.08. The summed E-state index contributed by atoms with van der Waals surface area (Å²) in [5, 5.41) is 14.4. The number of hydrogen-bond acceptors (Lipinski definition) is 5. The topological polar surface area (TPSA) is 75.1 Å². The fourth-order valence-electron chi connectivity index (χ4n) is 3.44. The van der Waals surface area contributed by atoms with Crippen LogP contribution < -0.4 is 5.32 Å². The lowest BCUT2D eigenvalue weighted by atomic mass is 10.1. The maximum atomic E-state index is 10.9. The van der Waals surface area contributed by atoms with Crippen LogP contribution in [0.2, 0.25) is 0 Å². The zero-order valence-corrected chi connectivity index (χ0v) is 19.2. The normalized spacial score (nSPS) is 10.4. The first-order chi connectivity index (χ1) is 16.0. The average molecular weight is 454 g/mol. The Morgan fingerprint density at radius 3 is 2.45 bits per heavy atom. The van der Waals surface area contributed by atoms with Gasteiger partial charge in [0, 0.05) is 33.5 Å². The van der Waals surface area contributed by atoms with E-state index in [9.17, 15) is 4.79 Å². The Kier molecular flexibility index (Phi) is 6.82. The van der Waals surface area contributed by atoms with Crippen LogP contribution in [0.25, 0.3) is 10.7 Å². The van der Waals surface area contributed by atoms with Gasteiger partial charge in [0.2, 0.25) is 0 Å². The second kappa shape index (κ2) is 10.1. The van der Waals surface area contributed by atoms with Gasteiger partial charge in [0.15, 0.2) is 5.82 Å². The van der Waals surface area contributed by atoms with Crippen molar-refractivity contribution in [2.45, 2.75) is 26.7 Å². The molecule has 33 heavy (non-hydrogen) atoms. The molecule has 0 bridgehead atoms. The highest BCUT2D eigenvalue weighted by atomic mass is 32.1. The van der Waals surface area contributed by atoms with E-state index in [0.717, 1.165) is 50.8 Å². The maximum Gasteiger partial charge on any atom is 0.307 e. The van der Waals surface area contributed by atoms with Gasteiger partial charge in [0.1, 0.15) is 5.82 Å². The van der Waals surface area contributed by atoms with Crippen molar-refractivity contribution in [1.29, 1.82) is 0 Å². The molecule has 0 amide bonds. The summed E-state index contributed by atoms with van der Waals surface area (Å²) in [5.74, 6) is 6.97. The van der Waals surface area contributed by atoms with Crippen molar-refractivity contribution in [3.63, 3.8) is 0 Å². The van der Waals surface area contributed by atoms with Gasteiger partial charge in [0.25, 0.3) is 0 Å². The van der Waals surface area contributed by atoms with E-state index in [-0.39, 0.29) is 6.42 Å². The lowest BCUT2D eigenvalue weighted by Gasteiger charge is -2.14. The lowest BCUT2D eigenvalue weighted by Crippen LogP contribution is -2.05. The summed E-state index contributed by atoms with van der Waals surface area (Å²) in [6, 6.07) is 19.3. The Morgan fingerprint density at radius 2 is 1.76 bits per heavy atom. The van der Waals surface area contributed by atoms with Gasteiger partial charge in [-0.15, -0.1) is 11.3 Å². The number of aryl methyl sites for hydroxylation is 1. The molecule has 2 aromatic carbocycles. The summed E-state index contributed by atoms with van der Waals surface area (Å²) < 4.78 is 0. The number of benzene rings is 2. The SMILES string of the molecule is CCc1c(C)nc(-c2cc(C#Cc3ccccc3)cs2)nc1Nc1ccc(CC(=O)O)cc1. The molecule has 6 heteroatoms. The number of thiophene rings is 1. The molecule has 164 valence electrons. The van der Waals surface area contributed by atoms with Gasteiger partial charge in [-0.25, -0.2) is 9.97 Å². The van der Waals surface area contributed by atoms with Gasteiger partial charge in [-0.2, -0.15) is 0 Å². The number of hydrogen-bond donors (Lipinski definition) is 2. The molecule has 0 saturated carbocycles. The van der Waals surface area contributed by atoms with E-state index >= 15 is 0 Å². The van der Waals surface area contributed by atoms with Crippen LogP contribution in [0.3, 0.4) is 0 Å². The van der Waals surface area contributed by atoms with Crippen LogP contribution >= 0.6 is 11.3 Å². The van der Waals surface area contributed by atoms with Crippen LogP contribution in [0.5, 0.6) is 0 Å². The minimum absolute atomic E-state index is 0.00509. The van der Waals surface area contributed by atoms with E-state index in [0.29, 0.717) is 5.82 Å². The zero-order chi connectivity index (χ0) is 23.2. The average Bonchev–Trinajstić information content (AvgIpc) is 3.28. The lowest BCUT2D eigenvalue weighted by molar-refractivity contribution is -0.136. The molecule has 0 aliphatic rings. The molecular weight excluding hydrogens is 430 g/mol. The van der Waals surface area contributed by atoms with Crippen molar-refractivity contribution in [2.75, 3.05) is 5.32 Å². The van der Waals surface area contributed by atoms with Crippen molar-refractivity contribution < 1.29 is 9.90 Å². The predicted octanol–water partition coefficient (Wildman–Crippen LogP) is 5.85. The second-order valence-corrected chi connectivity index (χ2v) is 8.43. The predicted molar refractivity (Wildman–Crippen MR) is 133 cm³/mol. The zero-order valence-electron chi connectivity index (χ0n) is 18.4. The van der Waals surface area contributed by atoms with Crippen molar-refractivity contribution in [2.24, 2.45) is 0 Å². The molecule has 4 rings (SSSR count). The van der Waals surface area contributed by atoms with Gasteiger partial charge in [-0.05, 0) is 49.2 Å². The summed E-state index contributed by atoms with van der Waals surface area (Å²) in [6.07, 6.45) is 0.801. The number of aliphatic carboxylic acids is 1. The Hall–Kier alpha value is -3.95. The first-order valence-corrected chi connectivity index (χ1v) is 11.5. The summed E-state index contributed by atoms with van der Waals surface area (Å²) >= 11 is 1.57. The minimum Gasteiger partial charge on any atom is -0.481 e. The monoisotopic (exact) mass is 453 g/mol. The van der Waals surface area contributed by atoms with Crippen molar-refractivity contribution in [3.05, 3.63) is 94.0 Å². The van der Waals surface area contributed by atoms with Crippen LogP contribution in [-0.4, -0.2) is 21.0 Å². The van der Waals surface area contributed by atoms with Crippen LogP contribution in [0.4, 0.5) is 11.5 Å². The van der Waals surface area contributed by atoms with Gasteiger partial charge in [-0.3, -0.25) is 4.79 Å². The molecule has 0 spiro atoms. The highest BCUT2D eigenvalue weighted by molar-refractivity contribution is 7.13. The number of anilines is 2. The third kappa shape index (κ3) is 5.65. The molecule has 4 aromatic rings. The smallest absolute Gasteiger partial charge is 0.307 e. The first kappa shape index (κ1) is 22.3. The number of carboxylic acid groups (broad SMARTS) is 1. The van der Waals surface area contributed by atoms with Crippen LogP contribution in [0, 0.1) is 18.8 Å². The van der Waals surface area contributed by atoms with E-state index in [4.69, 9.17) is 15.1 Å². The number of rotatable bonds is 6. The number of nitrogens with one attached hydrogen (secondary N) is 1. The molecule has 2 aromatic heterocycles. The standard InChI is InChI=1S/C27H23N3O2S/c1-3-23-18(2)28-27(24-15-21(17-33-24)10-9-19-7-5-4-6-8-19)30-26(23)29-22-13-11-20(12-14-22)16-25(31)32/h4-8,11-15,17H,3,16H2,1-2H3,(H,31,32)(H,28,29,30). The molecule has 0 saturated heterocycles. The molecule has 2 heterocycles. The molecule has 5 nitrogen and oxygen atoms in total. The Bertz CT molecular complexity index is 1330. The van der Waals surface area contributed by atoms with E-state index in [1.165, 1.54) is 0 Å². The highest BCUT2D eigenvalue weighted by Gasteiger charge is 2.14. The van der Waals surface area contributed by atoms with Crippen LogP contribution in [0.15, 0.2) is 66.0 Å². The van der Waals surface area contributed by atoms with E-state index in [1.807, 2.05) is 73.0 Å². The molecule has 2 N–H and O–H groups in total. The number of nitrogens with zero attached hydrogens (tertiary/aromatic N) is 2. The molecule has 0 atom stereocenters. The van der Waals surface area contributed by atoms with E-state index in [1.54, 1.807) is 11.3 Å². The van der Waals surface area contributed by atoms with Gasteiger partial charge in [-0.1, -0.05) is 49.1 Å². The largest absolute Gasteiger partial charge is 0.481 e. The first-order valence-electron chi connectivity index (χ1n) is 10.6. The van der Waals surface area contributed by atoms with Gasteiger partial charge < -0.3 is 10.4 Å². The van der Waals surface area contributed by atoms with Crippen molar-refractivity contribution in [3.8, 4) is 22.5 Å². The Morgan fingerprint density at radius 1 is 1.03 bits per heavy atom. The number of carboxylic acids is 1. The van der Waals surface area contributed by atoms with E-state index < -0.39 is 5.97 Å². The Balaban J connectivity index is 1.60. The highest BCUT2D eigenvalue weighted by Crippen LogP contribution is 2.29. The van der Waals surface area contributed by atoms with Crippen LogP contribution in [-0.2, 0) is 17.6 Å². The van der Waals surface area contributed by atoms with Gasteiger partial charge in [0.05, 0.1) is 11.3 Å². The fraction of sp³-hybridized carbons (Fsp3) is 0.148. The summed E-state index contributed by atoms with van der Waals surface area (Å²) in [4.78, 5) is 21.4. The maximum absolute atomic E-state index is 10.9. The van der Waals surface area contributed by atoms with Crippen molar-refractivity contribution >= 4 is 28.8 Å². The molecular formula is C27H23N3O2S.